The number of hydrogen-bond donors (Lipinski definition) is 4. The van der Waals surface area contributed by atoms with Gasteiger partial charge in [-0.3, -0.25) is 4.79 Å². The molecule has 0 radical (unpaired) electrons. The van der Waals surface area contributed by atoms with E-state index >= 15 is 0 Å². The SMILES string of the molecule is COC1C2CC(OC(N)=O)C(O)[C@H](Oc3ccc4cc(NC(=O)c5ccc(O)c(CC=C(C)C)c5)c(=O)oc4c3C)OC21C. The number of aliphatic hydroxyl groups is 1. The van der Waals surface area contributed by atoms with E-state index in [9.17, 15) is 24.6 Å². The first kappa shape index (κ1) is 31.0. The molecule has 6 atom stereocenters. The Hall–Kier alpha value is -4.39. The number of ether oxygens (including phenoxy) is 4. The van der Waals surface area contributed by atoms with Gasteiger partial charge in [0.2, 0.25) is 6.29 Å². The molecule has 1 aromatic heterocycles. The second-order valence-corrected chi connectivity index (χ2v) is 11.6. The van der Waals surface area contributed by atoms with Gasteiger partial charge in [0.05, 0.1) is 6.10 Å². The number of benzene rings is 2. The predicted molar refractivity (Wildman–Crippen MR) is 160 cm³/mol. The van der Waals surface area contributed by atoms with E-state index in [0.29, 0.717) is 22.9 Å². The first-order chi connectivity index (χ1) is 20.8. The molecule has 12 nitrogen and oxygen atoms in total. The van der Waals surface area contributed by atoms with E-state index in [4.69, 9.17) is 29.1 Å². The van der Waals surface area contributed by atoms with Crippen LogP contribution in [0.2, 0.25) is 0 Å². The molecule has 2 heterocycles. The summed E-state index contributed by atoms with van der Waals surface area (Å²) < 4.78 is 28.5. The summed E-state index contributed by atoms with van der Waals surface area (Å²) in [5.74, 6) is -0.376. The van der Waals surface area contributed by atoms with Crippen LogP contribution in [0.25, 0.3) is 11.0 Å². The number of rotatable bonds is 8. The van der Waals surface area contributed by atoms with Crippen molar-refractivity contribution in [2.24, 2.45) is 11.7 Å². The van der Waals surface area contributed by atoms with E-state index in [2.05, 4.69) is 5.32 Å². The summed E-state index contributed by atoms with van der Waals surface area (Å²) in [6.07, 6.45) is -2.31. The van der Waals surface area contributed by atoms with Gasteiger partial charge in [0, 0.05) is 29.5 Å². The Morgan fingerprint density at radius 3 is 2.64 bits per heavy atom. The van der Waals surface area contributed by atoms with Crippen LogP contribution in [0.4, 0.5) is 10.5 Å². The summed E-state index contributed by atoms with van der Waals surface area (Å²) in [5, 5.41) is 24.3. The van der Waals surface area contributed by atoms with Gasteiger partial charge in [0.25, 0.3) is 5.91 Å². The smallest absolute Gasteiger partial charge is 0.404 e. The quantitative estimate of drug-likeness (QED) is 0.216. The average molecular weight is 609 g/mol. The van der Waals surface area contributed by atoms with Crippen LogP contribution in [0.3, 0.4) is 0 Å². The van der Waals surface area contributed by atoms with E-state index < -0.39 is 41.7 Å². The fourth-order valence-electron chi connectivity index (χ4n) is 5.74. The molecule has 1 saturated heterocycles. The number of nitrogens with one attached hydrogen (secondary N) is 1. The molecule has 1 aliphatic heterocycles. The van der Waals surface area contributed by atoms with Crippen molar-refractivity contribution in [2.45, 2.75) is 70.7 Å². The first-order valence-corrected chi connectivity index (χ1v) is 14.2. The lowest BCUT2D eigenvalue weighted by Crippen LogP contribution is -2.46. The molecule has 12 heteroatoms. The fourth-order valence-corrected chi connectivity index (χ4v) is 5.74. The highest BCUT2D eigenvalue weighted by atomic mass is 16.7. The van der Waals surface area contributed by atoms with Crippen molar-refractivity contribution in [1.29, 1.82) is 0 Å². The summed E-state index contributed by atoms with van der Waals surface area (Å²) in [6.45, 7) is 7.37. The normalized spacial score (nSPS) is 25.8. The number of phenols is 1. The third-order valence-electron chi connectivity index (χ3n) is 8.26. The Morgan fingerprint density at radius 2 is 1.95 bits per heavy atom. The third-order valence-corrected chi connectivity index (χ3v) is 8.26. The summed E-state index contributed by atoms with van der Waals surface area (Å²) >= 11 is 0. The highest BCUT2D eigenvalue weighted by Crippen LogP contribution is 2.55. The minimum atomic E-state index is -1.37. The van der Waals surface area contributed by atoms with Crippen molar-refractivity contribution in [3.63, 3.8) is 0 Å². The number of amides is 2. The lowest BCUT2D eigenvalue weighted by molar-refractivity contribution is -0.199. The number of fused-ring (bicyclic) bond motifs is 2. The maximum absolute atomic E-state index is 13.0. The summed E-state index contributed by atoms with van der Waals surface area (Å²) in [7, 11) is 1.55. The van der Waals surface area contributed by atoms with Gasteiger partial charge in [0.1, 0.15) is 34.5 Å². The highest BCUT2D eigenvalue weighted by molar-refractivity contribution is 6.05. The maximum Gasteiger partial charge on any atom is 0.404 e. The molecule has 5 rings (SSSR count). The molecule has 5 unspecified atom stereocenters. The molecule has 2 fully saturated rings. The lowest BCUT2D eigenvalue weighted by atomic mass is 10.0. The van der Waals surface area contributed by atoms with Gasteiger partial charge in [0.15, 0.2) is 6.10 Å². The van der Waals surface area contributed by atoms with Gasteiger partial charge >= 0.3 is 11.7 Å². The zero-order valence-corrected chi connectivity index (χ0v) is 25.1. The molecule has 1 saturated carbocycles. The van der Waals surface area contributed by atoms with Crippen LogP contribution in [0.15, 0.2) is 57.3 Å². The van der Waals surface area contributed by atoms with Crippen molar-refractivity contribution >= 4 is 28.7 Å². The number of allylic oxidation sites excluding steroid dienone is 2. The largest absolute Gasteiger partial charge is 0.508 e. The highest BCUT2D eigenvalue weighted by Gasteiger charge is 2.68. The predicted octanol–water partition coefficient (Wildman–Crippen LogP) is 3.92. The van der Waals surface area contributed by atoms with Crippen molar-refractivity contribution in [3.8, 4) is 11.5 Å². The summed E-state index contributed by atoms with van der Waals surface area (Å²) in [4.78, 5) is 37.5. The van der Waals surface area contributed by atoms with E-state index in [1.807, 2.05) is 26.8 Å². The van der Waals surface area contributed by atoms with Crippen molar-refractivity contribution < 1.29 is 43.2 Å². The van der Waals surface area contributed by atoms with Crippen LogP contribution in [0, 0.1) is 12.8 Å². The summed E-state index contributed by atoms with van der Waals surface area (Å²) in [5.41, 5.74) is 6.15. The molecular weight excluding hydrogens is 572 g/mol. The molecule has 1 aliphatic carbocycles. The molecule has 0 bridgehead atoms. The molecule has 0 spiro atoms. The molecule has 5 N–H and O–H groups in total. The Morgan fingerprint density at radius 1 is 1.20 bits per heavy atom. The number of methoxy groups -OCH3 is 1. The van der Waals surface area contributed by atoms with E-state index in [1.165, 1.54) is 18.2 Å². The van der Waals surface area contributed by atoms with Gasteiger partial charge in [-0.2, -0.15) is 0 Å². The number of aryl methyl sites for hydroxylation is 1. The van der Waals surface area contributed by atoms with Crippen molar-refractivity contribution in [3.05, 3.63) is 75.2 Å². The Labute approximate surface area is 253 Å². The number of aromatic hydroxyl groups is 1. The number of primary amides is 1. The molecule has 44 heavy (non-hydrogen) atoms. The monoisotopic (exact) mass is 608 g/mol. The number of hydrogen-bond acceptors (Lipinski definition) is 10. The topological polar surface area (TPSA) is 180 Å². The number of aliphatic hydroxyl groups excluding tert-OH is 1. The van der Waals surface area contributed by atoms with E-state index in [-0.39, 0.29) is 46.8 Å². The zero-order chi connectivity index (χ0) is 31.9. The van der Waals surface area contributed by atoms with Crippen LogP contribution in [0.1, 0.15) is 48.7 Å². The minimum absolute atomic E-state index is 0.0678. The van der Waals surface area contributed by atoms with Gasteiger partial charge < -0.3 is 44.6 Å². The first-order valence-electron chi connectivity index (χ1n) is 14.2. The molecule has 234 valence electrons. The maximum atomic E-state index is 13.0. The second-order valence-electron chi connectivity index (χ2n) is 11.6. The molecular formula is C32H36N2O10. The van der Waals surface area contributed by atoms with Gasteiger partial charge in [-0.15, -0.1) is 0 Å². The van der Waals surface area contributed by atoms with Gasteiger partial charge in [-0.25, -0.2) is 9.59 Å². The second kappa shape index (κ2) is 11.9. The standard InChI is InChI=1S/C32H36N2O10/c1-15(2)6-7-17-12-19(8-10-22(17)35)28(37)34-21-13-18-9-11-23(16(3)26(18)43-29(21)38)41-30-25(36)24(42-31(33)39)14-20-27(40-5)32(20,4)44-30/h6,8-13,20,24-25,27,30,35-36H,7,14H2,1-5H3,(H2,33,39)(H,34,37)/t20?,24?,25?,27?,30-,32?/m1/s1. The fraction of sp³-hybridized carbons (Fsp3) is 0.406. The Balaban J connectivity index is 1.38. The van der Waals surface area contributed by atoms with E-state index in [1.54, 1.807) is 32.2 Å². The van der Waals surface area contributed by atoms with E-state index in [0.717, 1.165) is 5.57 Å². The van der Waals surface area contributed by atoms with Crippen molar-refractivity contribution in [1.82, 2.24) is 0 Å². The number of nitrogens with two attached hydrogens (primary N) is 1. The summed E-state index contributed by atoms with van der Waals surface area (Å²) in [6, 6.07) is 9.22. The lowest BCUT2D eigenvalue weighted by Gasteiger charge is -2.30. The van der Waals surface area contributed by atoms with Gasteiger partial charge in [-0.05, 0) is 82.5 Å². The van der Waals surface area contributed by atoms with Crippen LogP contribution in [-0.2, 0) is 20.6 Å². The molecule has 2 amide bonds. The van der Waals surface area contributed by atoms with Crippen LogP contribution in [0.5, 0.6) is 11.5 Å². The molecule has 2 aliphatic rings. The number of anilines is 1. The van der Waals surface area contributed by atoms with Crippen LogP contribution < -0.4 is 21.4 Å². The zero-order valence-electron chi connectivity index (χ0n) is 25.1. The minimum Gasteiger partial charge on any atom is -0.508 e. The Bertz CT molecular complexity index is 1690. The number of carbonyl (C=O) groups excluding carboxylic acids is 2. The molecule has 3 aromatic rings. The Kier molecular flexibility index (Phi) is 8.43. The van der Waals surface area contributed by atoms with Crippen LogP contribution >= 0.6 is 0 Å². The average Bonchev–Trinajstić information content (AvgIpc) is 3.55. The third kappa shape index (κ3) is 6.01. The number of phenolic OH excluding ortho intramolecular Hbond substituents is 1. The van der Waals surface area contributed by atoms with Crippen molar-refractivity contribution in [2.75, 3.05) is 12.4 Å². The van der Waals surface area contributed by atoms with Crippen LogP contribution in [-0.4, -0.2) is 59.5 Å². The number of carbonyl (C=O) groups is 2. The van der Waals surface area contributed by atoms with Gasteiger partial charge in [-0.1, -0.05) is 11.6 Å². The molecule has 2 aromatic carbocycles.